The lowest BCUT2D eigenvalue weighted by Crippen LogP contribution is -2.30. The van der Waals surface area contributed by atoms with Crippen LogP contribution < -0.4 is 14.8 Å². The molecule has 1 aliphatic carbocycles. The maximum Gasteiger partial charge on any atom is 0.338 e. The summed E-state index contributed by atoms with van der Waals surface area (Å²) < 4.78 is 16.2. The van der Waals surface area contributed by atoms with Gasteiger partial charge in [0.05, 0.1) is 23.8 Å². The zero-order valence-electron chi connectivity index (χ0n) is 14.6. The van der Waals surface area contributed by atoms with Crippen molar-refractivity contribution < 1.29 is 23.8 Å². The Morgan fingerprint density at radius 2 is 2.00 bits per heavy atom. The minimum absolute atomic E-state index is 0.218. The number of carbonyl (C=O) groups excluding carboxylic acids is 2. The van der Waals surface area contributed by atoms with Gasteiger partial charge in [-0.2, -0.15) is 0 Å². The molecule has 7 heteroatoms. The highest BCUT2D eigenvalue weighted by Gasteiger charge is 2.24. The van der Waals surface area contributed by atoms with Gasteiger partial charge in [-0.1, -0.05) is 24.9 Å². The fourth-order valence-corrected chi connectivity index (χ4v) is 2.38. The third-order valence-electron chi connectivity index (χ3n) is 3.57. The maximum atomic E-state index is 12.2. The molecule has 1 N–H and O–H groups in total. The molecule has 138 valence electrons. The highest BCUT2D eigenvalue weighted by Crippen LogP contribution is 2.37. The Bertz CT molecular complexity index is 616. The van der Waals surface area contributed by atoms with Crippen LogP contribution in [0.1, 0.15) is 49.9 Å². The molecule has 1 aromatic rings. The largest absolute Gasteiger partial charge is 0.490 e. The van der Waals surface area contributed by atoms with Gasteiger partial charge in [0.25, 0.3) is 5.91 Å². The number of unbranched alkanes of at least 4 members (excludes halogenated alkanes) is 1. The number of benzene rings is 1. The Morgan fingerprint density at radius 3 is 2.64 bits per heavy atom. The Labute approximate surface area is 152 Å². The SMILES string of the molecule is CCCCOc1c(Cl)cc(C(=O)OCC(=O)NC2CC2)cc1OCC. The lowest BCUT2D eigenvalue weighted by atomic mass is 10.2. The van der Waals surface area contributed by atoms with Crippen molar-refractivity contribution in [3.05, 3.63) is 22.7 Å². The van der Waals surface area contributed by atoms with Crippen LogP contribution in [0.25, 0.3) is 0 Å². The van der Waals surface area contributed by atoms with E-state index in [1.807, 2.05) is 6.92 Å². The first-order valence-corrected chi connectivity index (χ1v) is 8.98. The first-order valence-electron chi connectivity index (χ1n) is 8.60. The number of carbonyl (C=O) groups is 2. The van der Waals surface area contributed by atoms with Crippen molar-refractivity contribution >= 4 is 23.5 Å². The highest BCUT2D eigenvalue weighted by molar-refractivity contribution is 6.32. The lowest BCUT2D eigenvalue weighted by Gasteiger charge is -2.15. The average Bonchev–Trinajstić information content (AvgIpc) is 3.39. The molecule has 0 bridgehead atoms. The molecular weight excluding hydrogens is 346 g/mol. The third-order valence-corrected chi connectivity index (χ3v) is 3.85. The van der Waals surface area contributed by atoms with Gasteiger partial charge in [0.1, 0.15) is 0 Å². The summed E-state index contributed by atoms with van der Waals surface area (Å²) in [5, 5.41) is 3.03. The van der Waals surface area contributed by atoms with E-state index in [0.717, 1.165) is 25.7 Å². The molecule has 0 aliphatic heterocycles. The zero-order valence-corrected chi connectivity index (χ0v) is 15.4. The lowest BCUT2D eigenvalue weighted by molar-refractivity contribution is -0.124. The van der Waals surface area contributed by atoms with Crippen LogP contribution in [0.3, 0.4) is 0 Å². The second-order valence-electron chi connectivity index (χ2n) is 5.84. The number of hydrogen-bond donors (Lipinski definition) is 1. The van der Waals surface area contributed by atoms with Crippen LogP contribution in [0, 0.1) is 0 Å². The predicted molar refractivity (Wildman–Crippen MR) is 94.5 cm³/mol. The molecule has 1 fully saturated rings. The molecule has 1 aromatic carbocycles. The fourth-order valence-electron chi connectivity index (χ4n) is 2.12. The van der Waals surface area contributed by atoms with Crippen LogP contribution in [-0.4, -0.2) is 37.7 Å². The molecule has 0 spiro atoms. The molecule has 6 nitrogen and oxygen atoms in total. The first kappa shape index (κ1) is 19.4. The van der Waals surface area contributed by atoms with E-state index < -0.39 is 5.97 Å². The van der Waals surface area contributed by atoms with Crippen molar-refractivity contribution in [2.45, 2.75) is 45.6 Å². The Balaban J connectivity index is 2.03. The second kappa shape index (κ2) is 9.51. The van der Waals surface area contributed by atoms with E-state index in [2.05, 4.69) is 12.2 Å². The molecule has 0 saturated heterocycles. The molecule has 1 saturated carbocycles. The molecule has 0 radical (unpaired) electrons. The fraction of sp³-hybridized carbons (Fsp3) is 0.556. The van der Waals surface area contributed by atoms with E-state index in [0.29, 0.717) is 24.7 Å². The summed E-state index contributed by atoms with van der Waals surface area (Å²) in [4.78, 5) is 23.8. The van der Waals surface area contributed by atoms with Gasteiger partial charge in [-0.15, -0.1) is 0 Å². The Kier molecular flexibility index (Phi) is 7.37. The molecule has 1 aliphatic rings. The Morgan fingerprint density at radius 1 is 1.24 bits per heavy atom. The van der Waals surface area contributed by atoms with Crippen LogP contribution in [0.15, 0.2) is 12.1 Å². The summed E-state index contributed by atoms with van der Waals surface area (Å²) in [5.41, 5.74) is 0.218. The van der Waals surface area contributed by atoms with Crippen molar-refractivity contribution in [1.29, 1.82) is 0 Å². The second-order valence-corrected chi connectivity index (χ2v) is 6.25. The number of halogens is 1. The predicted octanol–water partition coefficient (Wildman–Crippen LogP) is 3.35. The number of ether oxygens (including phenoxy) is 3. The van der Waals surface area contributed by atoms with Gasteiger partial charge >= 0.3 is 5.97 Å². The smallest absolute Gasteiger partial charge is 0.338 e. The highest BCUT2D eigenvalue weighted by atomic mass is 35.5. The number of amides is 1. The summed E-state index contributed by atoms with van der Waals surface area (Å²) in [7, 11) is 0. The molecule has 0 heterocycles. The van der Waals surface area contributed by atoms with E-state index in [4.69, 9.17) is 25.8 Å². The third kappa shape index (κ3) is 6.12. The van der Waals surface area contributed by atoms with Crippen LogP contribution in [0.5, 0.6) is 11.5 Å². The van der Waals surface area contributed by atoms with Gasteiger partial charge in [0, 0.05) is 6.04 Å². The van der Waals surface area contributed by atoms with Crippen molar-refractivity contribution in [2.75, 3.05) is 19.8 Å². The van der Waals surface area contributed by atoms with Gasteiger partial charge < -0.3 is 19.5 Å². The molecule has 0 unspecified atom stereocenters. The number of esters is 1. The molecule has 25 heavy (non-hydrogen) atoms. The first-order chi connectivity index (χ1) is 12.0. The maximum absolute atomic E-state index is 12.2. The minimum atomic E-state index is -0.631. The van der Waals surface area contributed by atoms with E-state index in [9.17, 15) is 9.59 Å². The molecule has 1 amide bonds. The quantitative estimate of drug-likeness (QED) is 0.505. The van der Waals surface area contributed by atoms with Crippen molar-refractivity contribution in [1.82, 2.24) is 5.32 Å². The van der Waals surface area contributed by atoms with Gasteiger partial charge in [-0.05, 0) is 38.3 Å². The monoisotopic (exact) mass is 369 g/mol. The summed E-state index contributed by atoms with van der Waals surface area (Å²) in [6, 6.07) is 3.22. The summed E-state index contributed by atoms with van der Waals surface area (Å²) in [6.07, 6.45) is 3.84. The normalized spacial score (nSPS) is 13.2. The van der Waals surface area contributed by atoms with E-state index >= 15 is 0 Å². The summed E-state index contributed by atoms with van der Waals surface area (Å²) in [5.74, 6) is -0.124. The molecule has 2 rings (SSSR count). The number of rotatable bonds is 10. The standard InChI is InChI=1S/C18H24ClNO5/c1-3-5-8-24-17-14(19)9-12(10-15(17)23-4-2)18(22)25-11-16(21)20-13-6-7-13/h9-10,13H,3-8,11H2,1-2H3,(H,20,21). The minimum Gasteiger partial charge on any atom is -0.490 e. The topological polar surface area (TPSA) is 73.9 Å². The van der Waals surface area contributed by atoms with Crippen molar-refractivity contribution in [3.63, 3.8) is 0 Å². The van der Waals surface area contributed by atoms with E-state index in [-0.39, 0.29) is 29.1 Å². The van der Waals surface area contributed by atoms with Gasteiger partial charge in [0.2, 0.25) is 0 Å². The summed E-state index contributed by atoms with van der Waals surface area (Å²) >= 11 is 6.24. The summed E-state index contributed by atoms with van der Waals surface area (Å²) in [6.45, 7) is 4.50. The molecule has 0 atom stereocenters. The van der Waals surface area contributed by atoms with Gasteiger partial charge in [0.15, 0.2) is 18.1 Å². The number of hydrogen-bond acceptors (Lipinski definition) is 5. The average molecular weight is 370 g/mol. The van der Waals surface area contributed by atoms with Crippen LogP contribution in [0.4, 0.5) is 0 Å². The van der Waals surface area contributed by atoms with Crippen LogP contribution >= 0.6 is 11.6 Å². The zero-order chi connectivity index (χ0) is 18.2. The molecular formula is C18H24ClNO5. The van der Waals surface area contributed by atoms with Crippen LogP contribution in [-0.2, 0) is 9.53 Å². The Hall–Kier alpha value is -1.95. The van der Waals surface area contributed by atoms with Crippen LogP contribution in [0.2, 0.25) is 5.02 Å². The van der Waals surface area contributed by atoms with Crippen molar-refractivity contribution in [3.8, 4) is 11.5 Å². The van der Waals surface area contributed by atoms with E-state index in [1.165, 1.54) is 12.1 Å². The van der Waals surface area contributed by atoms with Gasteiger partial charge in [-0.25, -0.2) is 4.79 Å². The number of nitrogens with one attached hydrogen (secondary N) is 1. The molecule has 0 aromatic heterocycles. The van der Waals surface area contributed by atoms with Gasteiger partial charge in [-0.3, -0.25) is 4.79 Å². The van der Waals surface area contributed by atoms with E-state index in [1.54, 1.807) is 0 Å². The van der Waals surface area contributed by atoms with Crippen molar-refractivity contribution in [2.24, 2.45) is 0 Å².